The van der Waals surface area contributed by atoms with Crippen LogP contribution in [-0.4, -0.2) is 17.4 Å². The van der Waals surface area contributed by atoms with Gasteiger partial charge < -0.3 is 4.74 Å². The van der Waals surface area contributed by atoms with Gasteiger partial charge in [-0.15, -0.1) is 0 Å². The van der Waals surface area contributed by atoms with Gasteiger partial charge in [0.15, 0.2) is 5.78 Å². The predicted molar refractivity (Wildman–Crippen MR) is 94.7 cm³/mol. The molecule has 0 aromatic carbocycles. The Morgan fingerprint density at radius 1 is 1.00 bits per heavy atom. The Morgan fingerprint density at radius 3 is 2.56 bits per heavy atom. The van der Waals surface area contributed by atoms with Crippen molar-refractivity contribution in [3.05, 3.63) is 23.8 Å². The fourth-order valence-electron chi connectivity index (χ4n) is 7.29. The largest absolute Gasteiger partial charge is 0.458 e. The zero-order valence-electron chi connectivity index (χ0n) is 15.3. The summed E-state index contributed by atoms with van der Waals surface area (Å²) in [6, 6.07) is 0. The third-order valence-electron chi connectivity index (χ3n) is 8.85. The zero-order chi connectivity index (χ0) is 17.4. The van der Waals surface area contributed by atoms with Gasteiger partial charge in [0.25, 0.3) is 0 Å². The van der Waals surface area contributed by atoms with Gasteiger partial charge in [-0.05, 0) is 73.3 Å². The van der Waals surface area contributed by atoms with Crippen LogP contribution < -0.4 is 0 Å². The van der Waals surface area contributed by atoms with Crippen LogP contribution in [0.1, 0.15) is 65.2 Å². The monoisotopic (exact) mass is 340 g/mol. The summed E-state index contributed by atoms with van der Waals surface area (Å²) in [4.78, 5) is 23.8. The van der Waals surface area contributed by atoms with Crippen molar-refractivity contribution in [2.24, 2.45) is 28.6 Å². The second kappa shape index (κ2) is 4.86. The van der Waals surface area contributed by atoms with E-state index in [9.17, 15) is 9.59 Å². The lowest BCUT2D eigenvalue weighted by Crippen LogP contribution is -2.53. The second-order valence-corrected chi connectivity index (χ2v) is 9.60. The molecular weight excluding hydrogens is 312 g/mol. The zero-order valence-corrected chi connectivity index (χ0v) is 15.3. The molecule has 0 aromatic heterocycles. The van der Waals surface area contributed by atoms with Gasteiger partial charge in [-0.2, -0.15) is 0 Å². The highest BCUT2D eigenvalue weighted by molar-refractivity contribution is 5.92. The van der Waals surface area contributed by atoms with E-state index in [0.29, 0.717) is 30.6 Å². The lowest BCUT2D eigenvalue weighted by Gasteiger charge is -2.57. The fourth-order valence-corrected chi connectivity index (χ4v) is 7.29. The van der Waals surface area contributed by atoms with Gasteiger partial charge in [0.2, 0.25) is 0 Å². The van der Waals surface area contributed by atoms with Crippen LogP contribution >= 0.6 is 0 Å². The Bertz CT molecular complexity index is 719. The van der Waals surface area contributed by atoms with Crippen molar-refractivity contribution in [2.75, 3.05) is 0 Å². The van der Waals surface area contributed by atoms with Crippen LogP contribution in [0.25, 0.3) is 0 Å². The quantitative estimate of drug-likeness (QED) is 0.615. The topological polar surface area (TPSA) is 43.4 Å². The van der Waals surface area contributed by atoms with E-state index in [1.165, 1.54) is 18.4 Å². The van der Waals surface area contributed by atoms with Gasteiger partial charge in [0.1, 0.15) is 5.60 Å². The molecule has 25 heavy (non-hydrogen) atoms. The summed E-state index contributed by atoms with van der Waals surface area (Å²) in [5, 5.41) is 0. The van der Waals surface area contributed by atoms with E-state index in [1.807, 2.05) is 6.08 Å². The van der Waals surface area contributed by atoms with Gasteiger partial charge in [-0.3, -0.25) is 9.59 Å². The summed E-state index contributed by atoms with van der Waals surface area (Å²) in [6.45, 7) is 4.78. The minimum absolute atomic E-state index is 0.00570. The van der Waals surface area contributed by atoms with Crippen LogP contribution in [0.15, 0.2) is 23.8 Å². The highest BCUT2D eigenvalue weighted by Crippen LogP contribution is 2.68. The van der Waals surface area contributed by atoms with E-state index in [-0.39, 0.29) is 28.2 Å². The summed E-state index contributed by atoms with van der Waals surface area (Å²) < 4.78 is 5.99. The van der Waals surface area contributed by atoms with Crippen molar-refractivity contribution in [2.45, 2.75) is 70.8 Å². The van der Waals surface area contributed by atoms with Gasteiger partial charge >= 0.3 is 5.97 Å². The molecule has 4 aliphatic carbocycles. The molecule has 0 amide bonds. The molecule has 134 valence electrons. The van der Waals surface area contributed by atoms with Gasteiger partial charge in [0, 0.05) is 18.3 Å². The van der Waals surface area contributed by atoms with Crippen molar-refractivity contribution in [1.82, 2.24) is 0 Å². The standard InChI is InChI=1S/C22H28O3/c1-20-9-5-15(23)13-14(20)3-4-16-17(20)6-10-21(2)18(16)7-11-22(21)12-8-19(24)25-22/h3-4,13,16-18H,5-12H2,1-2H3/t16-,17+,18+,20+,21-,22-/m0/s1. The first-order chi connectivity index (χ1) is 11.9. The summed E-state index contributed by atoms with van der Waals surface area (Å²) in [7, 11) is 0. The molecule has 6 atom stereocenters. The van der Waals surface area contributed by atoms with Gasteiger partial charge in [-0.25, -0.2) is 0 Å². The third kappa shape index (κ3) is 1.88. The summed E-state index contributed by atoms with van der Waals surface area (Å²) in [6.07, 6.45) is 14.3. The first-order valence-electron chi connectivity index (χ1n) is 10.0. The Balaban J connectivity index is 1.53. The van der Waals surface area contributed by atoms with Crippen molar-refractivity contribution in [3.8, 4) is 0 Å². The molecule has 0 N–H and O–H groups in total. The Hall–Kier alpha value is -1.38. The molecule has 5 rings (SSSR count). The van der Waals surface area contributed by atoms with E-state index in [2.05, 4.69) is 26.0 Å². The lowest BCUT2D eigenvalue weighted by molar-refractivity contribution is -0.165. The Kier molecular flexibility index (Phi) is 3.08. The van der Waals surface area contributed by atoms with Crippen molar-refractivity contribution < 1.29 is 14.3 Å². The van der Waals surface area contributed by atoms with Crippen LogP contribution in [0.4, 0.5) is 0 Å². The van der Waals surface area contributed by atoms with Crippen molar-refractivity contribution >= 4 is 11.8 Å². The molecule has 0 aromatic rings. The van der Waals surface area contributed by atoms with Gasteiger partial charge in [0.05, 0.1) is 0 Å². The molecule has 1 heterocycles. The maximum atomic E-state index is 11.9. The molecule has 0 unspecified atom stereocenters. The molecule has 1 saturated heterocycles. The van der Waals surface area contributed by atoms with E-state index < -0.39 is 0 Å². The number of esters is 1. The molecule has 0 radical (unpaired) electrons. The number of fused-ring (bicyclic) bond motifs is 6. The van der Waals surface area contributed by atoms with Crippen LogP contribution in [0.5, 0.6) is 0 Å². The molecular formula is C22H28O3. The van der Waals surface area contributed by atoms with E-state index in [1.54, 1.807) is 0 Å². The van der Waals surface area contributed by atoms with E-state index in [4.69, 9.17) is 4.74 Å². The lowest BCUT2D eigenvalue weighted by atomic mass is 9.48. The Morgan fingerprint density at radius 2 is 1.80 bits per heavy atom. The number of carbonyl (C=O) groups excluding carboxylic acids is 2. The number of ketones is 1. The number of carbonyl (C=O) groups is 2. The normalized spacial score (nSPS) is 51.0. The molecule has 0 bridgehead atoms. The van der Waals surface area contributed by atoms with Crippen LogP contribution in [0, 0.1) is 28.6 Å². The molecule has 2 saturated carbocycles. The van der Waals surface area contributed by atoms with Crippen molar-refractivity contribution in [3.63, 3.8) is 0 Å². The molecule has 3 nitrogen and oxygen atoms in total. The molecule has 3 heteroatoms. The fraction of sp³-hybridized carbons (Fsp3) is 0.727. The number of rotatable bonds is 0. The maximum absolute atomic E-state index is 11.9. The Labute approximate surface area is 149 Å². The third-order valence-corrected chi connectivity index (χ3v) is 8.85. The van der Waals surface area contributed by atoms with Crippen molar-refractivity contribution in [1.29, 1.82) is 0 Å². The first-order valence-corrected chi connectivity index (χ1v) is 10.0. The SMILES string of the molecule is C[C@]12CC[C@@H]3[C@H](C=CC4=CC(=O)CC[C@]43C)[C@H]1CC[C@]21CCC(=O)O1. The first kappa shape index (κ1) is 15.8. The van der Waals surface area contributed by atoms with Crippen LogP contribution in [0.2, 0.25) is 0 Å². The number of ether oxygens (including phenoxy) is 1. The minimum Gasteiger partial charge on any atom is -0.458 e. The number of allylic oxidation sites excluding steroid dienone is 4. The highest BCUT2D eigenvalue weighted by atomic mass is 16.6. The predicted octanol–water partition coefficient (Wildman–Crippen LogP) is 4.37. The van der Waals surface area contributed by atoms with E-state index in [0.717, 1.165) is 25.7 Å². The summed E-state index contributed by atoms with van der Waals surface area (Å²) in [5.41, 5.74) is 1.32. The number of hydrogen-bond donors (Lipinski definition) is 0. The average molecular weight is 340 g/mol. The summed E-state index contributed by atoms with van der Waals surface area (Å²) >= 11 is 0. The number of hydrogen-bond acceptors (Lipinski definition) is 3. The second-order valence-electron chi connectivity index (χ2n) is 9.60. The molecule has 1 spiro atoms. The maximum Gasteiger partial charge on any atom is 0.306 e. The van der Waals surface area contributed by atoms with Gasteiger partial charge in [-0.1, -0.05) is 26.0 Å². The molecule has 5 aliphatic rings. The van der Waals surface area contributed by atoms with E-state index >= 15 is 0 Å². The average Bonchev–Trinajstić information content (AvgIpc) is 3.10. The highest BCUT2D eigenvalue weighted by Gasteiger charge is 2.66. The smallest absolute Gasteiger partial charge is 0.306 e. The van der Waals surface area contributed by atoms with Crippen LogP contribution in [0.3, 0.4) is 0 Å². The summed E-state index contributed by atoms with van der Waals surface area (Å²) in [5.74, 6) is 2.08. The molecule has 1 aliphatic heterocycles. The van der Waals surface area contributed by atoms with Crippen LogP contribution in [-0.2, 0) is 14.3 Å². The minimum atomic E-state index is -0.201. The molecule has 3 fully saturated rings.